The predicted octanol–water partition coefficient (Wildman–Crippen LogP) is 3.03. The smallest absolute Gasteiger partial charge is 0.368 e. The fourth-order valence-corrected chi connectivity index (χ4v) is 0.745. The van der Waals surface area contributed by atoms with Crippen molar-refractivity contribution < 1.29 is 17.6 Å². The largest absolute Gasteiger partial charge is 0.444 e. The van der Waals surface area contributed by atoms with Gasteiger partial charge in [-0.2, -0.15) is 13.2 Å². The van der Waals surface area contributed by atoms with Crippen LogP contribution in [0.4, 0.5) is 17.6 Å². The molecule has 0 radical (unpaired) electrons. The molecule has 0 aliphatic carbocycles. The summed E-state index contributed by atoms with van der Waals surface area (Å²) >= 11 is 0. The molecular weight excluding hydrogens is 198 g/mol. The third-order valence-electron chi connectivity index (χ3n) is 1.29. The average molecular weight is 209 g/mol. The van der Waals surface area contributed by atoms with E-state index in [4.69, 9.17) is 0 Å². The number of alkyl halides is 3. The Bertz CT molecular complexity index is 219. The first kappa shape index (κ1) is 12.7. The first-order valence-corrected chi connectivity index (χ1v) is 3.82. The van der Waals surface area contributed by atoms with Crippen molar-refractivity contribution in [1.82, 2.24) is 4.90 Å². The number of hydrogen-bond donors (Lipinski definition) is 0. The molecule has 0 aromatic rings. The molecule has 0 amide bonds. The van der Waals surface area contributed by atoms with E-state index in [1.165, 1.54) is 12.2 Å². The molecule has 0 saturated heterocycles. The van der Waals surface area contributed by atoms with Gasteiger partial charge in [0.25, 0.3) is 0 Å². The monoisotopic (exact) mass is 209 g/mol. The molecule has 0 heterocycles. The Hall–Kier alpha value is -1.26. The van der Waals surface area contributed by atoms with Gasteiger partial charge in [0.05, 0.1) is 0 Å². The Balaban J connectivity index is 4.53. The van der Waals surface area contributed by atoms with Gasteiger partial charge >= 0.3 is 6.18 Å². The molecule has 0 aromatic heterocycles. The van der Waals surface area contributed by atoms with Crippen LogP contribution in [0.15, 0.2) is 37.3 Å². The van der Waals surface area contributed by atoms with E-state index in [0.717, 1.165) is 4.90 Å². The number of allylic oxidation sites excluding steroid dienone is 1. The van der Waals surface area contributed by atoms with Crippen molar-refractivity contribution in [3.05, 3.63) is 37.3 Å². The molecule has 0 rings (SSSR count). The van der Waals surface area contributed by atoms with Crippen molar-refractivity contribution >= 4 is 0 Å². The molecule has 0 aliphatic heterocycles. The molecule has 14 heavy (non-hydrogen) atoms. The maximum Gasteiger partial charge on any atom is 0.444 e. The van der Waals surface area contributed by atoms with Crippen LogP contribution in [0.3, 0.4) is 0 Å². The Morgan fingerprint density at radius 2 is 1.57 bits per heavy atom. The minimum atomic E-state index is -4.93. The molecule has 0 spiro atoms. The highest BCUT2D eigenvalue weighted by Gasteiger charge is 2.34. The Kier molecular flexibility index (Phi) is 4.97. The first-order chi connectivity index (χ1) is 6.41. The third-order valence-corrected chi connectivity index (χ3v) is 1.29. The van der Waals surface area contributed by atoms with Crippen molar-refractivity contribution in [3.8, 4) is 0 Å². The lowest BCUT2D eigenvalue weighted by Crippen LogP contribution is -2.20. The first-order valence-electron chi connectivity index (χ1n) is 3.82. The molecule has 0 N–H and O–H groups in total. The highest BCUT2D eigenvalue weighted by Crippen LogP contribution is 2.26. The molecule has 0 saturated carbocycles. The van der Waals surface area contributed by atoms with Crippen LogP contribution < -0.4 is 0 Å². The molecule has 0 aliphatic rings. The summed E-state index contributed by atoms with van der Waals surface area (Å²) in [7, 11) is 0. The molecule has 0 atom stereocenters. The van der Waals surface area contributed by atoms with Crippen LogP contribution in [0.5, 0.6) is 0 Å². The van der Waals surface area contributed by atoms with E-state index >= 15 is 0 Å². The number of hydrogen-bond acceptors (Lipinski definition) is 1. The molecule has 0 bridgehead atoms. The fraction of sp³-hybridized carbons (Fsp3) is 0.333. The Morgan fingerprint density at radius 3 is 1.86 bits per heavy atom. The van der Waals surface area contributed by atoms with Gasteiger partial charge in [0, 0.05) is 19.3 Å². The molecule has 0 aromatic carbocycles. The van der Waals surface area contributed by atoms with Crippen molar-refractivity contribution in [2.24, 2.45) is 0 Å². The molecule has 80 valence electrons. The second-order valence-corrected chi connectivity index (χ2v) is 2.51. The van der Waals surface area contributed by atoms with E-state index in [1.54, 1.807) is 0 Å². The van der Waals surface area contributed by atoms with Crippen LogP contribution >= 0.6 is 0 Å². The van der Waals surface area contributed by atoms with Crippen molar-refractivity contribution in [3.63, 3.8) is 0 Å². The number of halogens is 4. The zero-order chi connectivity index (χ0) is 11.2. The maximum atomic E-state index is 12.4. The van der Waals surface area contributed by atoms with E-state index in [0.29, 0.717) is 6.20 Å². The SMILES string of the molecule is C=CCN(/C=C(\F)C(F)(F)F)CC=C. The van der Waals surface area contributed by atoms with Crippen LogP contribution in [0.1, 0.15) is 0 Å². The van der Waals surface area contributed by atoms with Crippen LogP contribution in [-0.4, -0.2) is 24.2 Å². The minimum absolute atomic E-state index is 0.134. The van der Waals surface area contributed by atoms with Gasteiger partial charge in [-0.25, -0.2) is 4.39 Å². The normalized spacial score (nSPS) is 12.4. The second kappa shape index (κ2) is 5.47. The van der Waals surface area contributed by atoms with Gasteiger partial charge in [0.1, 0.15) is 0 Å². The second-order valence-electron chi connectivity index (χ2n) is 2.51. The lowest BCUT2D eigenvalue weighted by Gasteiger charge is -2.16. The van der Waals surface area contributed by atoms with Crippen molar-refractivity contribution in [2.45, 2.75) is 6.18 Å². The summed E-state index contributed by atoms with van der Waals surface area (Å²) in [6.07, 6.45) is -1.77. The van der Waals surface area contributed by atoms with Gasteiger partial charge in [0.2, 0.25) is 5.83 Å². The van der Waals surface area contributed by atoms with E-state index in [-0.39, 0.29) is 13.1 Å². The van der Waals surface area contributed by atoms with E-state index in [9.17, 15) is 17.6 Å². The summed E-state index contributed by atoms with van der Waals surface area (Å²) in [4.78, 5) is 1.11. The van der Waals surface area contributed by atoms with Gasteiger partial charge in [0.15, 0.2) is 0 Å². The highest BCUT2D eigenvalue weighted by atomic mass is 19.4. The van der Waals surface area contributed by atoms with Gasteiger partial charge < -0.3 is 4.90 Å². The zero-order valence-corrected chi connectivity index (χ0v) is 7.52. The maximum absolute atomic E-state index is 12.4. The minimum Gasteiger partial charge on any atom is -0.368 e. The van der Waals surface area contributed by atoms with Gasteiger partial charge in [-0.3, -0.25) is 0 Å². The molecule has 0 fully saturated rings. The predicted molar refractivity (Wildman–Crippen MR) is 47.2 cm³/mol. The quantitative estimate of drug-likeness (QED) is 0.497. The van der Waals surface area contributed by atoms with Crippen LogP contribution in [0.25, 0.3) is 0 Å². The number of nitrogens with zero attached hydrogens (tertiary/aromatic N) is 1. The lowest BCUT2D eigenvalue weighted by molar-refractivity contribution is -0.110. The Labute approximate surface area is 80.0 Å². The summed E-state index contributed by atoms with van der Waals surface area (Å²) in [5.41, 5.74) is 0. The van der Waals surface area contributed by atoms with Gasteiger partial charge in [-0.15, -0.1) is 13.2 Å². The van der Waals surface area contributed by atoms with Gasteiger partial charge in [-0.05, 0) is 0 Å². The molecular formula is C9H11F4N. The van der Waals surface area contributed by atoms with Crippen LogP contribution in [0.2, 0.25) is 0 Å². The van der Waals surface area contributed by atoms with Gasteiger partial charge in [-0.1, -0.05) is 12.2 Å². The summed E-state index contributed by atoms with van der Waals surface area (Å²) in [6, 6.07) is 0. The van der Waals surface area contributed by atoms with Crippen molar-refractivity contribution in [2.75, 3.05) is 13.1 Å². The topological polar surface area (TPSA) is 3.24 Å². The van der Waals surface area contributed by atoms with Crippen molar-refractivity contribution in [1.29, 1.82) is 0 Å². The summed E-state index contributed by atoms with van der Waals surface area (Å²) < 4.78 is 47.7. The molecule has 0 unspecified atom stereocenters. The van der Waals surface area contributed by atoms with E-state index < -0.39 is 12.0 Å². The summed E-state index contributed by atoms with van der Waals surface area (Å²) in [6.45, 7) is 6.96. The van der Waals surface area contributed by atoms with Crippen LogP contribution in [-0.2, 0) is 0 Å². The third kappa shape index (κ3) is 4.69. The summed E-state index contributed by atoms with van der Waals surface area (Å²) in [5, 5.41) is 0. The highest BCUT2D eigenvalue weighted by molar-refractivity contribution is 5.00. The summed E-state index contributed by atoms with van der Waals surface area (Å²) in [5.74, 6) is -2.12. The van der Waals surface area contributed by atoms with Crippen LogP contribution in [0, 0.1) is 0 Å². The van der Waals surface area contributed by atoms with E-state index in [2.05, 4.69) is 13.2 Å². The molecule has 1 nitrogen and oxygen atoms in total. The Morgan fingerprint density at radius 1 is 1.14 bits per heavy atom. The number of rotatable bonds is 5. The zero-order valence-electron chi connectivity index (χ0n) is 7.52. The fourth-order valence-electron chi connectivity index (χ4n) is 0.745. The standard InChI is InChI=1S/C9H11F4N/c1-3-5-14(6-4-2)7-8(10)9(11,12)13/h3-4,7H,1-2,5-6H2/b8-7-. The molecule has 5 heteroatoms. The van der Waals surface area contributed by atoms with E-state index in [1.807, 2.05) is 0 Å². The lowest BCUT2D eigenvalue weighted by atomic mass is 10.4. The average Bonchev–Trinajstić information content (AvgIpc) is 2.03.